The number of carbonyl (C=O) groups is 2. The average Bonchev–Trinajstić information content (AvgIpc) is 3.22. The van der Waals surface area contributed by atoms with Gasteiger partial charge in [0.1, 0.15) is 0 Å². The van der Waals surface area contributed by atoms with E-state index in [1.165, 1.54) is 0 Å². The molecule has 0 amide bonds. The zero-order valence-corrected chi connectivity index (χ0v) is 14.8. The van der Waals surface area contributed by atoms with Crippen LogP contribution in [-0.4, -0.2) is 22.2 Å². The fraction of sp³-hybridized carbons (Fsp3) is 0.222. The van der Waals surface area contributed by atoms with Gasteiger partial charge in [0.15, 0.2) is 0 Å². The van der Waals surface area contributed by atoms with Crippen molar-refractivity contribution in [3.8, 4) is 0 Å². The molecule has 0 aliphatic heterocycles. The van der Waals surface area contributed by atoms with Gasteiger partial charge in [-0.05, 0) is 57.6 Å². The fourth-order valence-electron chi connectivity index (χ4n) is 1.59. The summed E-state index contributed by atoms with van der Waals surface area (Å²) in [5.41, 5.74) is 2.29. The summed E-state index contributed by atoms with van der Waals surface area (Å²) >= 11 is 3.27. The molecule has 0 aliphatic carbocycles. The second-order valence-electron chi connectivity index (χ2n) is 4.78. The van der Waals surface area contributed by atoms with Gasteiger partial charge in [0, 0.05) is 12.8 Å². The lowest BCUT2D eigenvalue weighted by Crippen LogP contribution is -1.91. The first kappa shape index (κ1) is 19.9. The first-order valence-electron chi connectivity index (χ1n) is 7.39. The highest BCUT2D eigenvalue weighted by atomic mass is 32.1. The second-order valence-corrected chi connectivity index (χ2v) is 6.34. The predicted molar refractivity (Wildman–Crippen MR) is 100 cm³/mol. The highest BCUT2D eigenvalue weighted by molar-refractivity contribution is 7.08. The largest absolute Gasteiger partial charge is 0.481 e. The molecule has 2 rings (SSSR count). The van der Waals surface area contributed by atoms with Gasteiger partial charge >= 0.3 is 11.9 Å². The third-order valence-electron chi connectivity index (χ3n) is 2.76. The lowest BCUT2D eigenvalue weighted by atomic mass is 10.2. The number of rotatable bonds is 8. The summed E-state index contributed by atoms with van der Waals surface area (Å²) in [6.45, 7) is 0. The van der Waals surface area contributed by atoms with Crippen LogP contribution >= 0.6 is 22.7 Å². The Morgan fingerprint density at radius 3 is 1.54 bits per heavy atom. The number of aliphatic carboxylic acids is 2. The van der Waals surface area contributed by atoms with Crippen LogP contribution in [0.4, 0.5) is 0 Å². The van der Waals surface area contributed by atoms with Gasteiger partial charge in [-0.1, -0.05) is 24.3 Å². The van der Waals surface area contributed by atoms with Crippen molar-refractivity contribution in [1.29, 1.82) is 0 Å². The Balaban J connectivity index is 0.000000240. The lowest BCUT2D eigenvalue weighted by molar-refractivity contribution is -0.137. The molecule has 2 heterocycles. The zero-order chi connectivity index (χ0) is 17.6. The van der Waals surface area contributed by atoms with Crippen LogP contribution in [0.2, 0.25) is 0 Å². The van der Waals surface area contributed by atoms with Gasteiger partial charge in [0.2, 0.25) is 0 Å². The molecule has 24 heavy (non-hydrogen) atoms. The van der Waals surface area contributed by atoms with E-state index in [1.807, 2.05) is 58.0 Å². The van der Waals surface area contributed by atoms with E-state index in [9.17, 15) is 9.59 Å². The lowest BCUT2D eigenvalue weighted by Gasteiger charge is -1.86. The molecule has 2 aromatic rings. The van der Waals surface area contributed by atoms with Crippen molar-refractivity contribution >= 4 is 46.8 Å². The van der Waals surface area contributed by atoms with E-state index < -0.39 is 11.9 Å². The number of allylic oxidation sites excluding steroid dienone is 2. The topological polar surface area (TPSA) is 74.6 Å². The van der Waals surface area contributed by atoms with Crippen LogP contribution in [-0.2, 0) is 9.59 Å². The first-order chi connectivity index (χ1) is 11.6. The smallest absolute Gasteiger partial charge is 0.303 e. The van der Waals surface area contributed by atoms with Gasteiger partial charge in [-0.25, -0.2) is 0 Å². The van der Waals surface area contributed by atoms with E-state index in [1.54, 1.807) is 22.7 Å². The number of hydrogen-bond donors (Lipinski definition) is 2. The Morgan fingerprint density at radius 2 is 1.25 bits per heavy atom. The van der Waals surface area contributed by atoms with E-state index in [2.05, 4.69) is 0 Å². The van der Waals surface area contributed by atoms with Gasteiger partial charge in [-0.15, -0.1) is 0 Å². The molecule has 2 N–H and O–H groups in total. The average molecular weight is 364 g/mol. The fourth-order valence-corrected chi connectivity index (χ4v) is 2.85. The highest BCUT2D eigenvalue weighted by Gasteiger charge is 1.92. The second kappa shape index (κ2) is 12.3. The van der Waals surface area contributed by atoms with Crippen LogP contribution in [0, 0.1) is 0 Å². The van der Waals surface area contributed by atoms with Crippen molar-refractivity contribution in [2.75, 3.05) is 0 Å². The maximum absolute atomic E-state index is 10.1. The summed E-state index contributed by atoms with van der Waals surface area (Å²) in [6.07, 6.45) is 9.28. The van der Waals surface area contributed by atoms with Crippen LogP contribution in [0.25, 0.3) is 12.2 Å². The Labute approximate surface area is 149 Å². The van der Waals surface area contributed by atoms with Crippen molar-refractivity contribution in [2.24, 2.45) is 0 Å². The van der Waals surface area contributed by atoms with Crippen LogP contribution in [0.1, 0.15) is 36.8 Å². The molecule has 0 fully saturated rings. The van der Waals surface area contributed by atoms with Gasteiger partial charge in [0.05, 0.1) is 0 Å². The minimum absolute atomic E-state index is 0.209. The van der Waals surface area contributed by atoms with Crippen molar-refractivity contribution in [3.63, 3.8) is 0 Å². The number of thiophene rings is 2. The van der Waals surface area contributed by atoms with Crippen molar-refractivity contribution in [3.05, 3.63) is 56.9 Å². The van der Waals surface area contributed by atoms with E-state index >= 15 is 0 Å². The van der Waals surface area contributed by atoms with Crippen molar-refractivity contribution < 1.29 is 19.8 Å². The third kappa shape index (κ3) is 10.5. The van der Waals surface area contributed by atoms with E-state index in [4.69, 9.17) is 10.2 Å². The van der Waals surface area contributed by atoms with Gasteiger partial charge in [0.25, 0.3) is 0 Å². The molecule has 0 aliphatic rings. The minimum atomic E-state index is -0.745. The van der Waals surface area contributed by atoms with Crippen LogP contribution in [0.3, 0.4) is 0 Å². The zero-order valence-electron chi connectivity index (χ0n) is 13.1. The summed E-state index contributed by atoms with van der Waals surface area (Å²) in [4.78, 5) is 20.3. The van der Waals surface area contributed by atoms with E-state index in [0.717, 1.165) is 11.1 Å². The Morgan fingerprint density at radius 1 is 0.833 bits per heavy atom. The molecule has 4 nitrogen and oxygen atoms in total. The molecular weight excluding hydrogens is 344 g/mol. The summed E-state index contributed by atoms with van der Waals surface area (Å²) in [5.74, 6) is -1.49. The normalized spacial score (nSPS) is 10.7. The molecule has 0 unspecified atom stereocenters. The quantitative estimate of drug-likeness (QED) is 0.670. The standard InChI is InChI=1S/2C9H10O2S/c2*10-9(11)4-2-1-3-8-5-6-12-7-8/h2*1,3,5-7H,2,4H2,(H,10,11)/b3-1+;3-1-. The molecule has 0 saturated heterocycles. The van der Waals surface area contributed by atoms with Crippen LogP contribution in [0.15, 0.2) is 45.8 Å². The van der Waals surface area contributed by atoms with Crippen LogP contribution in [0.5, 0.6) is 0 Å². The van der Waals surface area contributed by atoms with E-state index in [0.29, 0.717) is 12.8 Å². The molecule has 0 radical (unpaired) electrons. The molecule has 128 valence electrons. The first-order valence-corrected chi connectivity index (χ1v) is 9.27. The molecule has 0 atom stereocenters. The number of hydrogen-bond acceptors (Lipinski definition) is 4. The third-order valence-corrected chi connectivity index (χ3v) is 4.16. The molecule has 0 aromatic carbocycles. The van der Waals surface area contributed by atoms with Gasteiger partial charge in [-0.3, -0.25) is 9.59 Å². The predicted octanol–water partition coefficient (Wildman–Crippen LogP) is 5.25. The van der Waals surface area contributed by atoms with Crippen LogP contribution < -0.4 is 0 Å². The minimum Gasteiger partial charge on any atom is -0.481 e. The Hall–Kier alpha value is -2.18. The van der Waals surface area contributed by atoms with Gasteiger partial charge in [-0.2, -0.15) is 22.7 Å². The summed E-state index contributed by atoms with van der Waals surface area (Å²) < 4.78 is 0. The molecule has 0 spiro atoms. The van der Waals surface area contributed by atoms with Crippen molar-refractivity contribution in [1.82, 2.24) is 0 Å². The van der Waals surface area contributed by atoms with Gasteiger partial charge < -0.3 is 10.2 Å². The number of carboxylic acids is 2. The monoisotopic (exact) mass is 364 g/mol. The number of carboxylic acid groups (broad SMARTS) is 2. The summed E-state index contributed by atoms with van der Waals surface area (Å²) in [5, 5.41) is 24.7. The summed E-state index contributed by atoms with van der Waals surface area (Å²) in [6, 6.07) is 4.00. The Kier molecular flexibility index (Phi) is 10.2. The molecule has 0 saturated carbocycles. The molecule has 2 aromatic heterocycles. The Bertz CT molecular complexity index is 582. The molecule has 6 heteroatoms. The maximum atomic E-state index is 10.1. The summed E-state index contributed by atoms with van der Waals surface area (Å²) in [7, 11) is 0. The van der Waals surface area contributed by atoms with E-state index in [-0.39, 0.29) is 12.8 Å². The van der Waals surface area contributed by atoms with Crippen molar-refractivity contribution in [2.45, 2.75) is 25.7 Å². The maximum Gasteiger partial charge on any atom is 0.303 e. The molecule has 0 bridgehead atoms. The molecular formula is C18H20O4S2. The SMILES string of the molecule is O=C(O)CC/C=C/c1ccsc1.O=C(O)CC/C=C\c1ccsc1. The highest BCUT2D eigenvalue weighted by Crippen LogP contribution is 2.09.